The molecule has 2 heterocycles. The zero-order valence-electron chi connectivity index (χ0n) is 16.3. The minimum absolute atomic E-state index is 0.138. The molecule has 156 valence electrons. The van der Waals surface area contributed by atoms with Crippen LogP contribution in [-0.4, -0.2) is 26.8 Å². The largest absolute Gasteiger partial charge is 0.325 e. The normalized spacial score (nSPS) is 10.8. The van der Waals surface area contributed by atoms with E-state index in [1.54, 1.807) is 36.4 Å². The molecule has 4 rings (SSSR count). The van der Waals surface area contributed by atoms with Crippen LogP contribution in [0.1, 0.15) is 5.69 Å². The topological polar surface area (TPSA) is 67.8 Å². The molecule has 9 heteroatoms. The molecule has 31 heavy (non-hydrogen) atoms. The zero-order valence-corrected chi connectivity index (χ0v) is 18.7. The van der Waals surface area contributed by atoms with E-state index in [4.69, 9.17) is 11.6 Å². The summed E-state index contributed by atoms with van der Waals surface area (Å²) in [6, 6.07) is 16.9. The molecular formula is C22H16ClFN4OS2. The molecule has 2 aromatic carbocycles. The lowest BCUT2D eigenvalue weighted by Crippen LogP contribution is -2.14. The Morgan fingerprint density at radius 3 is 2.48 bits per heavy atom. The minimum atomic E-state index is -0.280. The standard InChI is InChI=1S/C22H16ClFN4OS2/c1-13-21(31-22(25-13)14-2-6-16(24)7-3-14)18-10-11-20(28-27-18)30-12-19(29)26-17-8-4-15(23)5-9-17/h2-11H,12H2,1H3,(H,26,29). The molecule has 0 radical (unpaired) electrons. The summed E-state index contributed by atoms with van der Waals surface area (Å²) in [4.78, 5) is 17.6. The van der Waals surface area contributed by atoms with E-state index in [0.717, 1.165) is 21.1 Å². The van der Waals surface area contributed by atoms with E-state index in [1.807, 2.05) is 19.1 Å². The molecule has 0 saturated heterocycles. The lowest BCUT2D eigenvalue weighted by atomic mass is 10.2. The van der Waals surface area contributed by atoms with Crippen LogP contribution in [0.3, 0.4) is 0 Å². The van der Waals surface area contributed by atoms with Crippen LogP contribution in [0, 0.1) is 12.7 Å². The molecule has 4 aromatic rings. The highest BCUT2D eigenvalue weighted by Crippen LogP contribution is 2.34. The molecule has 0 fully saturated rings. The number of rotatable bonds is 6. The van der Waals surface area contributed by atoms with E-state index in [-0.39, 0.29) is 17.5 Å². The number of aromatic nitrogens is 3. The third-order valence-electron chi connectivity index (χ3n) is 4.24. The van der Waals surface area contributed by atoms with Gasteiger partial charge in [-0.1, -0.05) is 23.4 Å². The summed E-state index contributed by atoms with van der Waals surface area (Å²) < 4.78 is 13.2. The maximum Gasteiger partial charge on any atom is 0.234 e. The summed E-state index contributed by atoms with van der Waals surface area (Å²) in [5.41, 5.74) is 3.08. The molecular weight excluding hydrogens is 455 g/mol. The summed E-state index contributed by atoms with van der Waals surface area (Å²) in [5, 5.41) is 13.4. The summed E-state index contributed by atoms with van der Waals surface area (Å²) in [5.74, 6) is -0.205. The van der Waals surface area contributed by atoms with E-state index in [9.17, 15) is 9.18 Å². The molecule has 5 nitrogen and oxygen atoms in total. The van der Waals surface area contributed by atoms with Crippen molar-refractivity contribution >= 4 is 46.3 Å². The van der Waals surface area contributed by atoms with Crippen molar-refractivity contribution in [3.8, 4) is 21.1 Å². The maximum atomic E-state index is 13.2. The van der Waals surface area contributed by atoms with Crippen LogP contribution in [0.5, 0.6) is 0 Å². The fourth-order valence-electron chi connectivity index (χ4n) is 2.74. The third kappa shape index (κ3) is 5.46. The fourth-order valence-corrected chi connectivity index (χ4v) is 4.51. The Morgan fingerprint density at radius 2 is 1.81 bits per heavy atom. The highest BCUT2D eigenvalue weighted by Gasteiger charge is 2.13. The average Bonchev–Trinajstić information content (AvgIpc) is 3.16. The Morgan fingerprint density at radius 1 is 1.06 bits per heavy atom. The number of aryl methyl sites for hydroxylation is 1. The van der Waals surface area contributed by atoms with Crippen molar-refractivity contribution in [3.63, 3.8) is 0 Å². The van der Waals surface area contributed by atoms with Crippen LogP contribution in [-0.2, 0) is 4.79 Å². The quantitative estimate of drug-likeness (QED) is 0.345. The number of amides is 1. The number of carbonyl (C=O) groups excluding carboxylic acids is 1. The van der Waals surface area contributed by atoms with E-state index in [1.165, 1.54) is 35.2 Å². The SMILES string of the molecule is Cc1nc(-c2ccc(F)cc2)sc1-c1ccc(SCC(=O)Nc2ccc(Cl)cc2)nn1. The van der Waals surface area contributed by atoms with Gasteiger partial charge in [0.25, 0.3) is 0 Å². The smallest absolute Gasteiger partial charge is 0.234 e. The van der Waals surface area contributed by atoms with Crippen LogP contribution in [0.2, 0.25) is 5.02 Å². The van der Waals surface area contributed by atoms with Crippen molar-refractivity contribution < 1.29 is 9.18 Å². The van der Waals surface area contributed by atoms with Gasteiger partial charge in [0, 0.05) is 16.3 Å². The average molecular weight is 471 g/mol. The number of thioether (sulfide) groups is 1. The van der Waals surface area contributed by atoms with Gasteiger partial charge in [-0.3, -0.25) is 4.79 Å². The molecule has 2 aromatic heterocycles. The highest BCUT2D eigenvalue weighted by molar-refractivity contribution is 7.99. The maximum absolute atomic E-state index is 13.2. The summed E-state index contributed by atoms with van der Waals surface area (Å²) in [6.45, 7) is 1.91. The number of carbonyl (C=O) groups is 1. The van der Waals surface area contributed by atoms with Crippen molar-refractivity contribution in [1.82, 2.24) is 15.2 Å². The number of nitrogens with one attached hydrogen (secondary N) is 1. The molecule has 1 amide bonds. The number of benzene rings is 2. The van der Waals surface area contributed by atoms with Gasteiger partial charge in [0.15, 0.2) is 0 Å². The Kier molecular flexibility index (Phi) is 6.60. The van der Waals surface area contributed by atoms with E-state index < -0.39 is 0 Å². The molecule has 0 atom stereocenters. The van der Waals surface area contributed by atoms with Crippen molar-refractivity contribution in [2.75, 3.05) is 11.1 Å². The van der Waals surface area contributed by atoms with Crippen molar-refractivity contribution in [2.24, 2.45) is 0 Å². The van der Waals surface area contributed by atoms with Gasteiger partial charge in [-0.05, 0) is 67.6 Å². The number of anilines is 1. The second-order valence-corrected chi connectivity index (χ2v) is 8.97. The Labute approximate surface area is 191 Å². The van der Waals surface area contributed by atoms with Crippen LogP contribution < -0.4 is 5.32 Å². The van der Waals surface area contributed by atoms with Gasteiger partial charge in [0.1, 0.15) is 21.5 Å². The zero-order chi connectivity index (χ0) is 21.8. The monoisotopic (exact) mass is 470 g/mol. The van der Waals surface area contributed by atoms with Crippen LogP contribution in [0.4, 0.5) is 10.1 Å². The number of nitrogens with zero attached hydrogens (tertiary/aromatic N) is 3. The summed E-state index contributed by atoms with van der Waals surface area (Å²) >= 11 is 8.63. The number of halogens is 2. The molecule has 0 unspecified atom stereocenters. The molecule has 0 spiro atoms. The molecule has 0 bridgehead atoms. The molecule has 0 aliphatic rings. The second kappa shape index (κ2) is 9.55. The summed E-state index contributed by atoms with van der Waals surface area (Å²) in [6.07, 6.45) is 0. The van der Waals surface area contributed by atoms with Crippen molar-refractivity contribution in [2.45, 2.75) is 11.9 Å². The first-order chi connectivity index (χ1) is 15.0. The van der Waals surface area contributed by atoms with Crippen LogP contribution in [0.25, 0.3) is 21.1 Å². The first-order valence-electron chi connectivity index (χ1n) is 9.23. The van der Waals surface area contributed by atoms with Crippen molar-refractivity contribution in [1.29, 1.82) is 0 Å². The Bertz CT molecular complexity index is 1200. The first kappa shape index (κ1) is 21.4. The molecule has 1 N–H and O–H groups in total. The predicted molar refractivity (Wildman–Crippen MR) is 124 cm³/mol. The van der Waals surface area contributed by atoms with Gasteiger partial charge in [-0.15, -0.1) is 21.5 Å². The lowest BCUT2D eigenvalue weighted by molar-refractivity contribution is -0.113. The van der Waals surface area contributed by atoms with E-state index in [2.05, 4.69) is 20.5 Å². The van der Waals surface area contributed by atoms with Gasteiger partial charge >= 0.3 is 0 Å². The van der Waals surface area contributed by atoms with E-state index >= 15 is 0 Å². The Hall–Kier alpha value is -2.81. The molecule has 0 aliphatic carbocycles. The molecule has 0 saturated carbocycles. The van der Waals surface area contributed by atoms with Gasteiger partial charge in [-0.2, -0.15) is 0 Å². The predicted octanol–water partition coefficient (Wildman–Crippen LogP) is 6.10. The Balaban J connectivity index is 1.39. The number of thiazole rings is 1. The minimum Gasteiger partial charge on any atom is -0.325 e. The van der Waals surface area contributed by atoms with Crippen LogP contribution in [0.15, 0.2) is 65.7 Å². The number of hydrogen-bond donors (Lipinski definition) is 1. The van der Waals surface area contributed by atoms with Gasteiger partial charge < -0.3 is 5.32 Å². The lowest BCUT2D eigenvalue weighted by Gasteiger charge is -2.05. The first-order valence-corrected chi connectivity index (χ1v) is 11.4. The molecule has 0 aliphatic heterocycles. The van der Waals surface area contributed by atoms with Crippen molar-refractivity contribution in [3.05, 3.63) is 77.2 Å². The highest BCUT2D eigenvalue weighted by atomic mass is 35.5. The van der Waals surface area contributed by atoms with Gasteiger partial charge in [-0.25, -0.2) is 9.37 Å². The van der Waals surface area contributed by atoms with Gasteiger partial charge in [0.05, 0.1) is 16.3 Å². The third-order valence-corrected chi connectivity index (χ3v) is 6.64. The van der Waals surface area contributed by atoms with E-state index in [0.29, 0.717) is 21.4 Å². The summed E-state index contributed by atoms with van der Waals surface area (Å²) in [7, 11) is 0. The van der Waals surface area contributed by atoms with Gasteiger partial charge in [0.2, 0.25) is 5.91 Å². The second-order valence-electron chi connectivity index (χ2n) is 6.54. The number of hydrogen-bond acceptors (Lipinski definition) is 6. The fraction of sp³-hybridized carbons (Fsp3) is 0.0909. The van der Waals surface area contributed by atoms with Crippen LogP contribution >= 0.6 is 34.7 Å².